The van der Waals surface area contributed by atoms with E-state index in [4.69, 9.17) is 5.73 Å². The van der Waals surface area contributed by atoms with Gasteiger partial charge in [0.05, 0.1) is 0 Å². The molecule has 1 amide bonds. The summed E-state index contributed by atoms with van der Waals surface area (Å²) in [5.41, 5.74) is 5.72. The number of likely N-dealkylation sites (tertiary alicyclic amines) is 1. The summed E-state index contributed by atoms with van der Waals surface area (Å²) in [5, 5.41) is 11.1. The average molecular weight is 269 g/mol. The topological polar surface area (TPSA) is 96.5 Å². The second-order valence-corrected chi connectivity index (χ2v) is 5.44. The molecular formula is C11H15N3O3S. The SMILES string of the molecule is CC1CCN(C(=O)c2csc(N)n2)C(C(=O)O)C1. The summed E-state index contributed by atoms with van der Waals surface area (Å²) in [4.78, 5) is 28.7. The molecule has 2 atom stereocenters. The Labute approximate surface area is 108 Å². The maximum absolute atomic E-state index is 12.2. The quantitative estimate of drug-likeness (QED) is 0.836. The van der Waals surface area contributed by atoms with Gasteiger partial charge in [0.25, 0.3) is 5.91 Å². The molecule has 1 fully saturated rings. The third-order valence-corrected chi connectivity index (χ3v) is 3.83. The molecule has 2 heterocycles. The van der Waals surface area contributed by atoms with E-state index in [1.807, 2.05) is 6.92 Å². The van der Waals surface area contributed by atoms with Crippen molar-refractivity contribution in [3.63, 3.8) is 0 Å². The van der Waals surface area contributed by atoms with Gasteiger partial charge in [0, 0.05) is 11.9 Å². The number of carboxylic acid groups (broad SMARTS) is 1. The minimum atomic E-state index is -0.960. The largest absolute Gasteiger partial charge is 0.480 e. The molecule has 1 aliphatic rings. The van der Waals surface area contributed by atoms with E-state index in [9.17, 15) is 14.7 Å². The Morgan fingerprint density at radius 3 is 2.89 bits per heavy atom. The number of carbonyl (C=O) groups is 2. The van der Waals surface area contributed by atoms with Crippen molar-refractivity contribution in [2.75, 3.05) is 12.3 Å². The van der Waals surface area contributed by atoms with Crippen LogP contribution < -0.4 is 5.73 Å². The fraction of sp³-hybridized carbons (Fsp3) is 0.545. The van der Waals surface area contributed by atoms with Crippen LogP contribution in [-0.4, -0.2) is 39.5 Å². The van der Waals surface area contributed by atoms with Gasteiger partial charge >= 0.3 is 5.97 Å². The zero-order chi connectivity index (χ0) is 13.3. The van der Waals surface area contributed by atoms with Crippen molar-refractivity contribution in [1.29, 1.82) is 0 Å². The van der Waals surface area contributed by atoms with Crippen LogP contribution in [0.4, 0.5) is 5.13 Å². The van der Waals surface area contributed by atoms with Crippen molar-refractivity contribution in [2.24, 2.45) is 5.92 Å². The van der Waals surface area contributed by atoms with E-state index in [1.54, 1.807) is 5.38 Å². The fourth-order valence-corrected chi connectivity index (χ4v) is 2.69. The summed E-state index contributed by atoms with van der Waals surface area (Å²) < 4.78 is 0. The number of nitrogen functional groups attached to an aromatic ring is 1. The fourth-order valence-electron chi connectivity index (χ4n) is 2.15. The average Bonchev–Trinajstić information content (AvgIpc) is 2.75. The number of carboxylic acids is 1. The van der Waals surface area contributed by atoms with Crippen molar-refractivity contribution in [2.45, 2.75) is 25.8 Å². The van der Waals surface area contributed by atoms with E-state index in [1.165, 1.54) is 16.2 Å². The van der Waals surface area contributed by atoms with Crippen LogP contribution in [-0.2, 0) is 4.79 Å². The Morgan fingerprint density at radius 2 is 2.33 bits per heavy atom. The highest BCUT2D eigenvalue weighted by molar-refractivity contribution is 7.13. The molecule has 18 heavy (non-hydrogen) atoms. The molecule has 98 valence electrons. The van der Waals surface area contributed by atoms with Crippen molar-refractivity contribution in [3.8, 4) is 0 Å². The number of amides is 1. The summed E-state index contributed by atoms with van der Waals surface area (Å²) in [5.74, 6) is -0.990. The van der Waals surface area contributed by atoms with Crippen LogP contribution in [0.25, 0.3) is 0 Å². The normalized spacial score (nSPS) is 23.9. The van der Waals surface area contributed by atoms with Gasteiger partial charge in [-0.1, -0.05) is 6.92 Å². The minimum Gasteiger partial charge on any atom is -0.480 e. The maximum Gasteiger partial charge on any atom is 0.326 e. The molecule has 7 heteroatoms. The summed E-state index contributed by atoms with van der Waals surface area (Å²) in [6, 6.07) is -0.760. The van der Waals surface area contributed by atoms with Crippen LogP contribution in [0.3, 0.4) is 0 Å². The molecule has 0 bridgehead atoms. The molecule has 1 aromatic rings. The third kappa shape index (κ3) is 2.45. The highest BCUT2D eigenvalue weighted by Gasteiger charge is 2.35. The molecule has 6 nitrogen and oxygen atoms in total. The molecule has 2 unspecified atom stereocenters. The number of hydrogen-bond acceptors (Lipinski definition) is 5. The number of nitrogens with two attached hydrogens (primary N) is 1. The third-order valence-electron chi connectivity index (χ3n) is 3.15. The van der Waals surface area contributed by atoms with Gasteiger partial charge in [-0.15, -0.1) is 11.3 Å². The van der Waals surface area contributed by atoms with Crippen molar-refractivity contribution in [1.82, 2.24) is 9.88 Å². The Balaban J connectivity index is 2.20. The Bertz CT molecular complexity index is 474. The van der Waals surface area contributed by atoms with Crippen LogP contribution in [0.1, 0.15) is 30.3 Å². The first-order valence-electron chi connectivity index (χ1n) is 5.74. The first kappa shape index (κ1) is 12.8. The Hall–Kier alpha value is -1.63. The molecule has 1 saturated heterocycles. The van der Waals surface area contributed by atoms with Crippen molar-refractivity contribution in [3.05, 3.63) is 11.1 Å². The van der Waals surface area contributed by atoms with Crippen LogP contribution in [0.15, 0.2) is 5.38 Å². The molecule has 0 aromatic carbocycles. The standard InChI is InChI=1S/C11H15N3O3S/c1-6-2-3-14(8(4-6)10(16)17)9(15)7-5-18-11(12)13-7/h5-6,8H,2-4H2,1H3,(H2,12,13)(H,16,17). The van der Waals surface area contributed by atoms with E-state index in [0.29, 0.717) is 24.0 Å². The lowest BCUT2D eigenvalue weighted by Gasteiger charge is -2.35. The molecule has 0 radical (unpaired) electrons. The lowest BCUT2D eigenvalue weighted by Crippen LogP contribution is -2.49. The van der Waals surface area contributed by atoms with Gasteiger partial charge < -0.3 is 15.7 Å². The number of thiazole rings is 1. The second-order valence-electron chi connectivity index (χ2n) is 4.55. The molecular weight excluding hydrogens is 254 g/mol. The number of rotatable bonds is 2. The first-order valence-corrected chi connectivity index (χ1v) is 6.61. The molecule has 3 N–H and O–H groups in total. The zero-order valence-corrected chi connectivity index (χ0v) is 10.8. The van der Waals surface area contributed by atoms with E-state index in [0.717, 1.165) is 6.42 Å². The van der Waals surface area contributed by atoms with Gasteiger partial charge in [-0.25, -0.2) is 9.78 Å². The van der Waals surface area contributed by atoms with Gasteiger partial charge in [0.15, 0.2) is 5.13 Å². The molecule has 1 aromatic heterocycles. The Kier molecular flexibility index (Phi) is 3.51. The lowest BCUT2D eigenvalue weighted by molar-refractivity contribution is -0.144. The summed E-state index contributed by atoms with van der Waals surface area (Å²) in [7, 11) is 0. The lowest BCUT2D eigenvalue weighted by atomic mass is 9.92. The molecule has 2 rings (SSSR count). The van der Waals surface area contributed by atoms with Gasteiger partial charge in [0.1, 0.15) is 11.7 Å². The predicted octanol–water partition coefficient (Wildman–Crippen LogP) is 1.05. The predicted molar refractivity (Wildman–Crippen MR) is 67.4 cm³/mol. The van der Waals surface area contributed by atoms with E-state index >= 15 is 0 Å². The van der Waals surface area contributed by atoms with Crippen LogP contribution in [0, 0.1) is 5.92 Å². The van der Waals surface area contributed by atoms with Gasteiger partial charge in [-0.3, -0.25) is 4.79 Å². The summed E-state index contributed by atoms with van der Waals surface area (Å²) >= 11 is 1.18. The van der Waals surface area contributed by atoms with E-state index < -0.39 is 12.0 Å². The number of piperidine rings is 1. The van der Waals surface area contributed by atoms with Crippen LogP contribution in [0.2, 0.25) is 0 Å². The first-order chi connectivity index (χ1) is 8.49. The number of nitrogens with zero attached hydrogens (tertiary/aromatic N) is 2. The number of aliphatic carboxylic acids is 1. The van der Waals surface area contributed by atoms with Crippen molar-refractivity contribution >= 4 is 28.3 Å². The molecule has 0 saturated carbocycles. The van der Waals surface area contributed by atoms with Crippen LogP contribution >= 0.6 is 11.3 Å². The van der Waals surface area contributed by atoms with Gasteiger partial charge in [-0.2, -0.15) is 0 Å². The second kappa shape index (κ2) is 4.93. The number of hydrogen-bond donors (Lipinski definition) is 2. The summed E-state index contributed by atoms with van der Waals surface area (Å²) in [6.45, 7) is 2.45. The smallest absolute Gasteiger partial charge is 0.326 e. The highest BCUT2D eigenvalue weighted by atomic mass is 32.1. The van der Waals surface area contributed by atoms with Crippen molar-refractivity contribution < 1.29 is 14.7 Å². The van der Waals surface area contributed by atoms with Crippen LogP contribution in [0.5, 0.6) is 0 Å². The molecule has 0 spiro atoms. The summed E-state index contributed by atoms with van der Waals surface area (Å²) in [6.07, 6.45) is 1.30. The van der Waals surface area contributed by atoms with Gasteiger partial charge in [-0.05, 0) is 18.8 Å². The maximum atomic E-state index is 12.2. The van der Waals surface area contributed by atoms with E-state index in [-0.39, 0.29) is 11.6 Å². The van der Waals surface area contributed by atoms with Gasteiger partial charge in [0.2, 0.25) is 0 Å². The number of aromatic nitrogens is 1. The number of anilines is 1. The molecule has 0 aliphatic carbocycles. The highest BCUT2D eigenvalue weighted by Crippen LogP contribution is 2.25. The van der Waals surface area contributed by atoms with E-state index in [2.05, 4.69) is 4.98 Å². The number of carbonyl (C=O) groups excluding carboxylic acids is 1. The minimum absolute atomic E-state index is 0.235. The molecule has 1 aliphatic heterocycles. The monoisotopic (exact) mass is 269 g/mol. The zero-order valence-electron chi connectivity index (χ0n) is 10.00. The Morgan fingerprint density at radius 1 is 1.61 bits per heavy atom.